The van der Waals surface area contributed by atoms with Crippen LogP contribution in [0.15, 0.2) is 29.1 Å². The molecule has 0 spiro atoms. The van der Waals surface area contributed by atoms with Gasteiger partial charge in [0.2, 0.25) is 0 Å². The van der Waals surface area contributed by atoms with E-state index in [0.29, 0.717) is 17.2 Å². The summed E-state index contributed by atoms with van der Waals surface area (Å²) >= 11 is 0. The van der Waals surface area contributed by atoms with Gasteiger partial charge in [-0.05, 0) is 24.6 Å². The average molecular weight is 289 g/mol. The predicted octanol–water partition coefficient (Wildman–Crippen LogP) is 1.35. The topological polar surface area (TPSA) is 93.3 Å². The molecule has 21 heavy (non-hydrogen) atoms. The van der Waals surface area contributed by atoms with Crippen molar-refractivity contribution < 1.29 is 14.3 Å². The van der Waals surface area contributed by atoms with Crippen LogP contribution in [-0.2, 0) is 0 Å². The molecule has 1 heterocycles. The van der Waals surface area contributed by atoms with Gasteiger partial charge in [0.1, 0.15) is 17.2 Å². The van der Waals surface area contributed by atoms with Gasteiger partial charge in [-0.3, -0.25) is 9.59 Å². The molecule has 2 N–H and O–H groups in total. The smallest absolute Gasteiger partial charge is 0.276 e. The SMILES string of the molecule is COc1cc(NC(=O)c2ccc(=O)[nH]n2)c(OC)cc1C. The molecule has 0 unspecified atom stereocenters. The molecule has 0 aliphatic heterocycles. The normalized spacial score (nSPS) is 10.0. The minimum absolute atomic E-state index is 0.0937. The van der Waals surface area contributed by atoms with Crippen LogP contribution in [0.5, 0.6) is 11.5 Å². The number of amides is 1. The van der Waals surface area contributed by atoms with Crippen LogP contribution in [0.3, 0.4) is 0 Å². The Kier molecular flexibility index (Phi) is 4.22. The van der Waals surface area contributed by atoms with Gasteiger partial charge in [0.15, 0.2) is 0 Å². The highest BCUT2D eigenvalue weighted by Gasteiger charge is 2.13. The number of H-pyrrole nitrogens is 1. The van der Waals surface area contributed by atoms with Gasteiger partial charge in [-0.25, -0.2) is 5.10 Å². The molecular weight excluding hydrogens is 274 g/mol. The van der Waals surface area contributed by atoms with E-state index in [1.807, 2.05) is 6.92 Å². The van der Waals surface area contributed by atoms with E-state index in [4.69, 9.17) is 9.47 Å². The zero-order chi connectivity index (χ0) is 15.4. The van der Waals surface area contributed by atoms with Crippen LogP contribution in [0.25, 0.3) is 0 Å². The van der Waals surface area contributed by atoms with Gasteiger partial charge in [-0.1, -0.05) is 0 Å². The van der Waals surface area contributed by atoms with E-state index in [1.165, 1.54) is 19.2 Å². The summed E-state index contributed by atoms with van der Waals surface area (Å²) in [6.45, 7) is 1.87. The molecule has 0 aliphatic rings. The number of nitrogens with zero attached hydrogens (tertiary/aromatic N) is 1. The van der Waals surface area contributed by atoms with Crippen LogP contribution in [0.4, 0.5) is 5.69 Å². The molecule has 0 fully saturated rings. The number of methoxy groups -OCH3 is 2. The van der Waals surface area contributed by atoms with Crippen LogP contribution in [-0.4, -0.2) is 30.3 Å². The summed E-state index contributed by atoms with van der Waals surface area (Å²) < 4.78 is 10.5. The van der Waals surface area contributed by atoms with Crippen LogP contribution in [0.1, 0.15) is 16.1 Å². The van der Waals surface area contributed by atoms with Crippen LogP contribution < -0.4 is 20.3 Å². The molecule has 1 aromatic carbocycles. The number of carbonyl (C=O) groups is 1. The van der Waals surface area contributed by atoms with Crippen molar-refractivity contribution in [3.8, 4) is 11.5 Å². The van der Waals surface area contributed by atoms with E-state index in [0.717, 1.165) is 5.56 Å². The number of benzene rings is 1. The number of ether oxygens (including phenoxy) is 2. The van der Waals surface area contributed by atoms with E-state index in [1.54, 1.807) is 19.2 Å². The first kappa shape index (κ1) is 14.6. The lowest BCUT2D eigenvalue weighted by atomic mass is 10.1. The third kappa shape index (κ3) is 3.19. The maximum Gasteiger partial charge on any atom is 0.276 e. The second kappa shape index (κ2) is 6.08. The molecule has 0 radical (unpaired) electrons. The van der Waals surface area contributed by atoms with Crippen LogP contribution in [0.2, 0.25) is 0 Å². The van der Waals surface area contributed by atoms with Gasteiger partial charge >= 0.3 is 0 Å². The van der Waals surface area contributed by atoms with Gasteiger partial charge in [-0.2, -0.15) is 5.10 Å². The molecule has 0 bridgehead atoms. The minimum Gasteiger partial charge on any atom is -0.496 e. The zero-order valence-corrected chi connectivity index (χ0v) is 11.9. The monoisotopic (exact) mass is 289 g/mol. The van der Waals surface area contributed by atoms with E-state index >= 15 is 0 Å². The van der Waals surface area contributed by atoms with Crippen molar-refractivity contribution in [2.45, 2.75) is 6.92 Å². The number of aromatic amines is 1. The first-order valence-corrected chi connectivity index (χ1v) is 6.15. The second-order valence-electron chi connectivity index (χ2n) is 4.28. The van der Waals surface area contributed by atoms with Crippen LogP contribution in [0, 0.1) is 6.92 Å². The zero-order valence-electron chi connectivity index (χ0n) is 11.9. The van der Waals surface area contributed by atoms with Gasteiger partial charge in [-0.15, -0.1) is 0 Å². The number of rotatable bonds is 4. The summed E-state index contributed by atoms with van der Waals surface area (Å²) in [6.07, 6.45) is 0. The number of anilines is 1. The number of hydrogen-bond donors (Lipinski definition) is 2. The lowest BCUT2D eigenvalue weighted by Gasteiger charge is -2.13. The molecule has 0 atom stereocenters. The predicted molar refractivity (Wildman–Crippen MR) is 77.1 cm³/mol. The largest absolute Gasteiger partial charge is 0.496 e. The first-order valence-electron chi connectivity index (χ1n) is 6.15. The highest BCUT2D eigenvalue weighted by Crippen LogP contribution is 2.32. The number of aromatic nitrogens is 2. The van der Waals surface area contributed by atoms with Crippen molar-refractivity contribution in [1.29, 1.82) is 0 Å². The fraction of sp³-hybridized carbons (Fsp3) is 0.214. The third-order valence-electron chi connectivity index (χ3n) is 2.88. The van der Waals surface area contributed by atoms with E-state index < -0.39 is 5.91 Å². The quantitative estimate of drug-likeness (QED) is 0.886. The lowest BCUT2D eigenvalue weighted by molar-refractivity contribution is 0.102. The third-order valence-corrected chi connectivity index (χ3v) is 2.88. The maximum absolute atomic E-state index is 12.1. The second-order valence-corrected chi connectivity index (χ2v) is 4.28. The molecule has 110 valence electrons. The summed E-state index contributed by atoms with van der Waals surface area (Å²) in [7, 11) is 3.05. The van der Waals surface area contributed by atoms with E-state index in [2.05, 4.69) is 15.5 Å². The number of aryl methyl sites for hydroxylation is 1. The van der Waals surface area contributed by atoms with Crippen molar-refractivity contribution in [2.75, 3.05) is 19.5 Å². The summed E-state index contributed by atoms with van der Waals surface area (Å²) in [5.74, 6) is 0.669. The Morgan fingerprint density at radius 1 is 1.19 bits per heavy atom. The molecule has 1 aromatic heterocycles. The first-order chi connectivity index (χ1) is 10.0. The summed E-state index contributed by atoms with van der Waals surface area (Å²) in [6, 6.07) is 5.99. The molecule has 0 aliphatic carbocycles. The number of nitrogens with one attached hydrogen (secondary N) is 2. The van der Waals surface area contributed by atoms with Crippen molar-refractivity contribution in [3.05, 3.63) is 45.9 Å². The van der Waals surface area contributed by atoms with Crippen molar-refractivity contribution >= 4 is 11.6 Å². The van der Waals surface area contributed by atoms with Crippen LogP contribution >= 0.6 is 0 Å². The van der Waals surface area contributed by atoms with Gasteiger partial charge in [0.05, 0.1) is 19.9 Å². The molecule has 0 saturated heterocycles. The van der Waals surface area contributed by atoms with E-state index in [-0.39, 0.29) is 11.3 Å². The van der Waals surface area contributed by atoms with Gasteiger partial charge in [0, 0.05) is 12.1 Å². The summed E-state index contributed by atoms with van der Waals surface area (Å²) in [5.41, 5.74) is 1.06. The fourth-order valence-corrected chi connectivity index (χ4v) is 1.81. The number of carbonyl (C=O) groups excluding carboxylic acids is 1. The fourth-order valence-electron chi connectivity index (χ4n) is 1.81. The van der Waals surface area contributed by atoms with Crippen molar-refractivity contribution in [1.82, 2.24) is 10.2 Å². The van der Waals surface area contributed by atoms with Gasteiger partial charge < -0.3 is 14.8 Å². The molecule has 2 rings (SSSR count). The van der Waals surface area contributed by atoms with Crippen molar-refractivity contribution in [2.24, 2.45) is 0 Å². The highest BCUT2D eigenvalue weighted by molar-refractivity contribution is 6.03. The maximum atomic E-state index is 12.1. The number of hydrogen-bond acceptors (Lipinski definition) is 5. The molecule has 7 nitrogen and oxygen atoms in total. The Balaban J connectivity index is 2.31. The molecule has 2 aromatic rings. The molecule has 1 amide bonds. The summed E-state index contributed by atoms with van der Waals surface area (Å²) in [5, 5.41) is 8.54. The van der Waals surface area contributed by atoms with E-state index in [9.17, 15) is 9.59 Å². The summed E-state index contributed by atoms with van der Waals surface area (Å²) in [4.78, 5) is 23.0. The Bertz CT molecular complexity index is 704. The highest BCUT2D eigenvalue weighted by atomic mass is 16.5. The average Bonchev–Trinajstić information content (AvgIpc) is 2.49. The standard InChI is InChI=1S/C14H15N3O4/c1-8-6-12(21-3)10(7-11(8)20-2)15-14(19)9-4-5-13(18)17-16-9/h4-7H,1-3H3,(H,15,19)(H,17,18). The minimum atomic E-state index is -0.463. The van der Waals surface area contributed by atoms with Gasteiger partial charge in [0.25, 0.3) is 11.5 Å². The Hall–Kier alpha value is -2.83. The molecule has 7 heteroatoms. The molecular formula is C14H15N3O4. The van der Waals surface area contributed by atoms with Crippen molar-refractivity contribution in [3.63, 3.8) is 0 Å². The Morgan fingerprint density at radius 2 is 1.90 bits per heavy atom. The Morgan fingerprint density at radius 3 is 2.48 bits per heavy atom. The Labute approximate surface area is 120 Å². The molecule has 0 saturated carbocycles. The lowest BCUT2D eigenvalue weighted by Crippen LogP contribution is -2.18.